The predicted octanol–water partition coefficient (Wildman–Crippen LogP) is 1.68. The minimum absolute atomic E-state index is 0.113. The maximum atomic E-state index is 12.2. The molecule has 2 heterocycles. The van der Waals surface area contributed by atoms with Crippen LogP contribution in [-0.2, 0) is 11.2 Å². The Balaban J connectivity index is 1.62. The summed E-state index contributed by atoms with van der Waals surface area (Å²) in [6.45, 7) is 0.681. The number of pyridine rings is 1. The highest BCUT2D eigenvalue weighted by molar-refractivity contribution is 5.97. The van der Waals surface area contributed by atoms with Crippen molar-refractivity contribution in [3.63, 3.8) is 0 Å². The molecule has 2 aromatic rings. The second-order valence-electron chi connectivity index (χ2n) is 5.66. The molecule has 1 aromatic heterocycles. The zero-order valence-electron chi connectivity index (χ0n) is 12.8. The van der Waals surface area contributed by atoms with E-state index in [-0.39, 0.29) is 11.8 Å². The Morgan fingerprint density at radius 2 is 2.04 bits per heavy atom. The summed E-state index contributed by atoms with van der Waals surface area (Å²) in [6, 6.07) is 13.2. The minimum atomic E-state index is -0.444. The second-order valence-corrected chi connectivity index (χ2v) is 5.66. The molecule has 0 bridgehead atoms. The highest BCUT2D eigenvalue weighted by Gasteiger charge is 2.23. The summed E-state index contributed by atoms with van der Waals surface area (Å²) < 4.78 is 0. The number of carbonyl (C=O) groups is 2. The molecule has 1 saturated heterocycles. The number of carbonyl (C=O) groups excluding carboxylic acids is 2. The molecule has 0 spiro atoms. The molecule has 1 fully saturated rings. The van der Waals surface area contributed by atoms with Gasteiger partial charge >= 0.3 is 0 Å². The average molecular weight is 309 g/mol. The van der Waals surface area contributed by atoms with Crippen LogP contribution in [0, 0.1) is 0 Å². The fourth-order valence-electron chi connectivity index (χ4n) is 2.62. The second kappa shape index (κ2) is 7.05. The van der Waals surface area contributed by atoms with Crippen LogP contribution in [0.15, 0.2) is 48.7 Å². The van der Waals surface area contributed by atoms with E-state index in [2.05, 4.69) is 15.6 Å². The van der Waals surface area contributed by atoms with Crippen molar-refractivity contribution >= 4 is 11.8 Å². The molecule has 5 nitrogen and oxygen atoms in total. The molecule has 0 aliphatic carbocycles. The van der Waals surface area contributed by atoms with Crippen molar-refractivity contribution in [1.29, 1.82) is 0 Å². The number of nitrogens with one attached hydrogen (secondary N) is 2. The van der Waals surface area contributed by atoms with Crippen LogP contribution in [0.1, 0.15) is 34.5 Å². The quantitative estimate of drug-likeness (QED) is 0.902. The third kappa shape index (κ3) is 3.94. The smallest absolute Gasteiger partial charge is 0.253 e. The number of benzene rings is 1. The minimum Gasteiger partial charge on any atom is -0.354 e. The lowest BCUT2D eigenvalue weighted by Gasteiger charge is -2.22. The summed E-state index contributed by atoms with van der Waals surface area (Å²) in [5.74, 6) is -0.371. The fraction of sp³-hybridized carbons (Fsp3) is 0.278. The molecule has 1 atom stereocenters. The van der Waals surface area contributed by atoms with Crippen molar-refractivity contribution in [2.75, 3.05) is 6.54 Å². The molecule has 118 valence electrons. The van der Waals surface area contributed by atoms with E-state index in [9.17, 15) is 9.59 Å². The van der Waals surface area contributed by atoms with Gasteiger partial charge in [0.25, 0.3) is 5.91 Å². The van der Waals surface area contributed by atoms with Gasteiger partial charge in [-0.3, -0.25) is 14.6 Å². The average Bonchev–Trinajstić information content (AvgIpc) is 2.58. The van der Waals surface area contributed by atoms with Crippen LogP contribution in [0.25, 0.3) is 0 Å². The number of hydrogen-bond donors (Lipinski definition) is 2. The van der Waals surface area contributed by atoms with Gasteiger partial charge in [0.05, 0.1) is 5.56 Å². The first-order valence-corrected chi connectivity index (χ1v) is 7.80. The number of nitrogens with zero attached hydrogens (tertiary/aromatic N) is 1. The first kappa shape index (κ1) is 15.2. The Bertz CT molecular complexity index is 683. The van der Waals surface area contributed by atoms with E-state index in [1.807, 2.05) is 36.4 Å². The van der Waals surface area contributed by atoms with Gasteiger partial charge in [-0.1, -0.05) is 30.3 Å². The number of amides is 2. The summed E-state index contributed by atoms with van der Waals surface area (Å²) in [7, 11) is 0. The van der Waals surface area contributed by atoms with Crippen LogP contribution in [0.3, 0.4) is 0 Å². The lowest BCUT2D eigenvalue weighted by Crippen LogP contribution is -2.50. The van der Waals surface area contributed by atoms with Crippen LogP contribution in [0.2, 0.25) is 0 Å². The Morgan fingerprint density at radius 1 is 1.22 bits per heavy atom. The summed E-state index contributed by atoms with van der Waals surface area (Å²) >= 11 is 0. The Morgan fingerprint density at radius 3 is 2.74 bits per heavy atom. The van der Waals surface area contributed by atoms with Gasteiger partial charge in [-0.2, -0.15) is 0 Å². The van der Waals surface area contributed by atoms with Crippen molar-refractivity contribution in [2.24, 2.45) is 0 Å². The normalized spacial score (nSPS) is 17.4. The van der Waals surface area contributed by atoms with Crippen LogP contribution in [-0.4, -0.2) is 29.4 Å². The number of hydrogen-bond acceptors (Lipinski definition) is 3. The lowest BCUT2D eigenvalue weighted by atomic mass is 10.1. The van der Waals surface area contributed by atoms with E-state index in [1.54, 1.807) is 12.3 Å². The molecular weight excluding hydrogens is 290 g/mol. The molecule has 2 amide bonds. The molecule has 1 aliphatic heterocycles. The molecule has 3 rings (SSSR count). The monoisotopic (exact) mass is 309 g/mol. The largest absolute Gasteiger partial charge is 0.354 e. The summed E-state index contributed by atoms with van der Waals surface area (Å²) in [6.07, 6.45) is 3.85. The van der Waals surface area contributed by atoms with Crippen molar-refractivity contribution in [3.05, 3.63) is 65.5 Å². The van der Waals surface area contributed by atoms with Gasteiger partial charge in [0.15, 0.2) is 0 Å². The molecule has 2 N–H and O–H groups in total. The van der Waals surface area contributed by atoms with E-state index in [0.29, 0.717) is 18.5 Å². The van der Waals surface area contributed by atoms with Crippen LogP contribution >= 0.6 is 0 Å². The SMILES string of the molecule is O=C(N[C@H]1CCCNC1=O)c1ccc(Cc2ccccc2)nc1. The molecule has 1 aliphatic rings. The van der Waals surface area contributed by atoms with E-state index >= 15 is 0 Å². The fourth-order valence-corrected chi connectivity index (χ4v) is 2.62. The molecular formula is C18H19N3O2. The van der Waals surface area contributed by atoms with Gasteiger partial charge in [-0.15, -0.1) is 0 Å². The van der Waals surface area contributed by atoms with Crippen LogP contribution in [0.4, 0.5) is 0 Å². The van der Waals surface area contributed by atoms with Crippen molar-refractivity contribution < 1.29 is 9.59 Å². The molecule has 0 radical (unpaired) electrons. The summed E-state index contributed by atoms with van der Waals surface area (Å²) in [5, 5.41) is 5.52. The molecule has 23 heavy (non-hydrogen) atoms. The van der Waals surface area contributed by atoms with Gasteiger partial charge < -0.3 is 10.6 Å². The Labute approximate surface area is 135 Å². The maximum Gasteiger partial charge on any atom is 0.253 e. The number of piperidine rings is 1. The standard InChI is InChI=1S/C18H19N3O2/c22-17(21-16-7-4-10-19-18(16)23)14-8-9-15(20-12-14)11-13-5-2-1-3-6-13/h1-3,5-6,8-9,12,16H,4,7,10-11H2,(H,19,23)(H,21,22)/t16-/m0/s1. The Kier molecular flexibility index (Phi) is 4.66. The zero-order chi connectivity index (χ0) is 16.1. The lowest BCUT2D eigenvalue weighted by molar-refractivity contribution is -0.124. The van der Waals surface area contributed by atoms with Gasteiger partial charge in [0, 0.05) is 24.9 Å². The molecule has 0 unspecified atom stereocenters. The van der Waals surface area contributed by atoms with E-state index in [1.165, 1.54) is 5.56 Å². The van der Waals surface area contributed by atoms with Gasteiger partial charge in [0.2, 0.25) is 5.91 Å². The first-order valence-electron chi connectivity index (χ1n) is 7.80. The zero-order valence-corrected chi connectivity index (χ0v) is 12.8. The maximum absolute atomic E-state index is 12.2. The highest BCUT2D eigenvalue weighted by atomic mass is 16.2. The first-order chi connectivity index (χ1) is 11.2. The Hall–Kier alpha value is -2.69. The van der Waals surface area contributed by atoms with Crippen molar-refractivity contribution in [2.45, 2.75) is 25.3 Å². The molecule has 5 heteroatoms. The van der Waals surface area contributed by atoms with E-state index < -0.39 is 6.04 Å². The van der Waals surface area contributed by atoms with Gasteiger partial charge in [0.1, 0.15) is 6.04 Å². The molecule has 1 aromatic carbocycles. The predicted molar refractivity (Wildman–Crippen MR) is 87.0 cm³/mol. The van der Waals surface area contributed by atoms with Crippen molar-refractivity contribution in [1.82, 2.24) is 15.6 Å². The van der Waals surface area contributed by atoms with Crippen LogP contribution < -0.4 is 10.6 Å². The molecule has 0 saturated carbocycles. The number of aromatic nitrogens is 1. The number of rotatable bonds is 4. The summed E-state index contributed by atoms with van der Waals surface area (Å²) in [4.78, 5) is 28.2. The third-order valence-corrected chi connectivity index (χ3v) is 3.91. The topological polar surface area (TPSA) is 71.1 Å². The third-order valence-electron chi connectivity index (χ3n) is 3.91. The van der Waals surface area contributed by atoms with Crippen molar-refractivity contribution in [3.8, 4) is 0 Å². The van der Waals surface area contributed by atoms with Gasteiger partial charge in [-0.05, 0) is 30.5 Å². The van der Waals surface area contributed by atoms with E-state index in [4.69, 9.17) is 0 Å². The van der Waals surface area contributed by atoms with Crippen LogP contribution in [0.5, 0.6) is 0 Å². The summed E-state index contributed by atoms with van der Waals surface area (Å²) in [5.41, 5.74) is 2.56. The van der Waals surface area contributed by atoms with Gasteiger partial charge in [-0.25, -0.2) is 0 Å². The highest BCUT2D eigenvalue weighted by Crippen LogP contribution is 2.09. The van der Waals surface area contributed by atoms with E-state index in [0.717, 1.165) is 18.5 Å².